The van der Waals surface area contributed by atoms with Gasteiger partial charge in [0, 0.05) is 18.4 Å². The third-order valence-electron chi connectivity index (χ3n) is 6.06. The van der Waals surface area contributed by atoms with Crippen molar-refractivity contribution in [1.29, 1.82) is 0 Å². The van der Waals surface area contributed by atoms with Crippen molar-refractivity contribution in [1.82, 2.24) is 4.90 Å². The molecule has 4 rings (SSSR count). The van der Waals surface area contributed by atoms with E-state index in [4.69, 9.17) is 14.2 Å². The number of ether oxygens (including phenoxy) is 3. The fourth-order valence-corrected chi connectivity index (χ4v) is 6.81. The van der Waals surface area contributed by atoms with Crippen molar-refractivity contribution < 1.29 is 51.5 Å². The lowest BCUT2D eigenvalue weighted by Crippen LogP contribution is -2.66. The van der Waals surface area contributed by atoms with E-state index in [1.165, 1.54) is 24.3 Å². The fourth-order valence-electron chi connectivity index (χ4n) is 4.10. The number of esters is 1. The van der Waals surface area contributed by atoms with Gasteiger partial charge in [0.05, 0.1) is 4.92 Å². The first-order valence-corrected chi connectivity index (χ1v) is 14.6. The summed E-state index contributed by atoms with van der Waals surface area (Å²) in [6.45, 7) is -0.639. The smallest absolute Gasteiger partial charge is 0.456 e. The van der Waals surface area contributed by atoms with Gasteiger partial charge in [-0.2, -0.15) is 4.79 Å². The first-order valence-electron chi connectivity index (χ1n) is 11.9. The van der Waals surface area contributed by atoms with Crippen molar-refractivity contribution in [2.45, 2.75) is 24.7 Å². The van der Waals surface area contributed by atoms with Crippen LogP contribution in [0.1, 0.15) is 11.1 Å². The average molecular weight is 617 g/mol. The SMILES string of the molecule is CS(=O)(=O)C1=C(C(=O)OCc2ccccc2)N2C(=O)[C@H](C(C=O)OC(=O)OCc3ccc([N+](=O)[O-])cc3)[C@@H]2SC1=[N+]=[N-]. The highest BCUT2D eigenvalue weighted by molar-refractivity contribution is 8.17. The fraction of sp³-hybridized carbons (Fsp3) is 0.240. The number of fused-ring (bicyclic) bond motifs is 1. The third kappa shape index (κ3) is 6.22. The molecule has 3 atom stereocenters. The van der Waals surface area contributed by atoms with Crippen LogP contribution in [0.5, 0.6) is 0 Å². The number of benzene rings is 2. The molecule has 17 heteroatoms. The van der Waals surface area contributed by atoms with E-state index in [9.17, 15) is 43.2 Å². The van der Waals surface area contributed by atoms with Crippen LogP contribution < -0.4 is 0 Å². The highest BCUT2D eigenvalue weighted by Gasteiger charge is 2.62. The van der Waals surface area contributed by atoms with Crippen molar-refractivity contribution in [2.75, 3.05) is 6.26 Å². The van der Waals surface area contributed by atoms with E-state index in [-0.39, 0.29) is 25.2 Å². The van der Waals surface area contributed by atoms with Gasteiger partial charge in [0.15, 0.2) is 32.8 Å². The molecule has 0 N–H and O–H groups in total. The molecule has 2 aliphatic rings. The summed E-state index contributed by atoms with van der Waals surface area (Å²) in [5.41, 5.74) is 9.63. The Morgan fingerprint density at radius 3 is 2.31 bits per heavy atom. The second kappa shape index (κ2) is 12.3. The molecule has 0 saturated carbocycles. The summed E-state index contributed by atoms with van der Waals surface area (Å²) in [4.78, 5) is 63.7. The molecule has 1 fully saturated rings. The summed E-state index contributed by atoms with van der Waals surface area (Å²) >= 11 is 0.563. The molecule has 42 heavy (non-hydrogen) atoms. The molecule has 0 spiro atoms. The van der Waals surface area contributed by atoms with Crippen LogP contribution in [-0.2, 0) is 51.6 Å². The predicted molar refractivity (Wildman–Crippen MR) is 143 cm³/mol. The molecular weight excluding hydrogens is 596 g/mol. The molecule has 2 aromatic rings. The number of nitro benzene ring substituents is 1. The van der Waals surface area contributed by atoms with Gasteiger partial charge in [-0.05, 0) is 35.0 Å². The molecule has 2 heterocycles. The largest absolute Gasteiger partial charge is 0.509 e. The molecule has 0 aromatic heterocycles. The standard InChI is InChI=1S/C25H20N4O11S2/c1-42(36,37)20-19(24(32)38-12-14-5-3-2-4-6-14)28-22(31)18(23(28)41-21(20)27-26)17(11-30)40-25(33)39-13-15-7-9-16(10-8-15)29(34)35/h2-11,17-18,23H,12-13H2,1H3/t17?,18-,23-/m0/s1. The Morgan fingerprint density at radius 1 is 1.12 bits per heavy atom. The number of carbonyl (C=O) groups excluding carboxylic acids is 4. The number of nitrogens with zero attached hydrogens (tertiary/aromatic N) is 4. The number of non-ortho nitro benzene ring substituents is 1. The van der Waals surface area contributed by atoms with Crippen LogP contribution in [-0.4, -0.2) is 70.1 Å². The topological polar surface area (TPSA) is 213 Å². The normalized spacial score (nSPS) is 18.6. The first-order chi connectivity index (χ1) is 20.0. The van der Waals surface area contributed by atoms with Crippen molar-refractivity contribution in [3.05, 3.63) is 92.0 Å². The Balaban J connectivity index is 1.52. The molecule has 2 aliphatic heterocycles. The number of hydrogen-bond acceptors (Lipinski definition) is 12. The van der Waals surface area contributed by atoms with E-state index < -0.39 is 65.8 Å². The van der Waals surface area contributed by atoms with E-state index >= 15 is 0 Å². The number of aldehydes is 1. The van der Waals surface area contributed by atoms with Gasteiger partial charge in [-0.1, -0.05) is 30.3 Å². The number of thioether (sulfide) groups is 1. The molecule has 0 radical (unpaired) electrons. The van der Waals surface area contributed by atoms with Gasteiger partial charge < -0.3 is 19.7 Å². The van der Waals surface area contributed by atoms with Crippen LogP contribution in [0.2, 0.25) is 0 Å². The summed E-state index contributed by atoms with van der Waals surface area (Å²) in [5.74, 6) is -3.55. The van der Waals surface area contributed by atoms with Crippen LogP contribution >= 0.6 is 11.8 Å². The van der Waals surface area contributed by atoms with E-state index in [2.05, 4.69) is 4.79 Å². The van der Waals surface area contributed by atoms with Gasteiger partial charge in [0.2, 0.25) is 5.91 Å². The van der Waals surface area contributed by atoms with Gasteiger partial charge in [-0.3, -0.25) is 24.6 Å². The van der Waals surface area contributed by atoms with Crippen molar-refractivity contribution in [3.8, 4) is 0 Å². The Labute approximate surface area is 241 Å². The number of nitro groups is 1. The molecule has 2 aromatic carbocycles. The van der Waals surface area contributed by atoms with Crippen molar-refractivity contribution in [2.24, 2.45) is 5.92 Å². The Kier molecular flexibility index (Phi) is 8.84. The molecular formula is C25H20N4O11S2. The first kappa shape index (κ1) is 30.1. The summed E-state index contributed by atoms with van der Waals surface area (Å²) in [6.07, 6.45) is -2.16. The zero-order valence-corrected chi connectivity index (χ0v) is 23.1. The van der Waals surface area contributed by atoms with E-state index in [0.717, 1.165) is 11.2 Å². The minimum absolute atomic E-state index is 0.159. The van der Waals surface area contributed by atoms with Crippen molar-refractivity contribution >= 4 is 56.6 Å². The molecule has 1 amide bonds. The number of rotatable bonds is 10. The molecule has 0 bridgehead atoms. The zero-order chi connectivity index (χ0) is 30.6. The van der Waals surface area contributed by atoms with Crippen molar-refractivity contribution in [3.63, 3.8) is 0 Å². The molecule has 218 valence electrons. The lowest BCUT2D eigenvalue weighted by atomic mass is 9.91. The molecule has 0 aliphatic carbocycles. The zero-order valence-electron chi connectivity index (χ0n) is 21.5. The van der Waals surface area contributed by atoms with Gasteiger partial charge in [-0.25, -0.2) is 18.0 Å². The second-order valence-corrected chi connectivity index (χ2v) is 11.9. The van der Waals surface area contributed by atoms with Gasteiger partial charge >= 0.3 is 17.2 Å². The highest BCUT2D eigenvalue weighted by Crippen LogP contribution is 2.47. The van der Waals surface area contributed by atoms with E-state index in [1.54, 1.807) is 30.3 Å². The van der Waals surface area contributed by atoms with E-state index in [0.29, 0.717) is 22.9 Å². The molecule has 15 nitrogen and oxygen atoms in total. The molecule has 1 saturated heterocycles. The number of hydrogen-bond donors (Lipinski definition) is 0. The van der Waals surface area contributed by atoms with Gasteiger partial charge in [0.1, 0.15) is 24.5 Å². The van der Waals surface area contributed by atoms with Crippen LogP contribution in [0.15, 0.2) is 65.2 Å². The van der Waals surface area contributed by atoms with Crippen LogP contribution in [0, 0.1) is 16.0 Å². The summed E-state index contributed by atoms with van der Waals surface area (Å²) in [5, 5.41) is 9.04. The second-order valence-electron chi connectivity index (χ2n) is 8.84. The lowest BCUT2D eigenvalue weighted by Gasteiger charge is -2.48. The predicted octanol–water partition coefficient (Wildman–Crippen LogP) is 1.97. The maximum absolute atomic E-state index is 13.2. The van der Waals surface area contributed by atoms with Gasteiger partial charge in [-0.15, -0.1) is 0 Å². The Bertz CT molecular complexity index is 1640. The average Bonchev–Trinajstić information content (AvgIpc) is 2.97. The monoisotopic (exact) mass is 616 g/mol. The van der Waals surface area contributed by atoms with E-state index in [1.807, 2.05) is 0 Å². The lowest BCUT2D eigenvalue weighted by molar-refractivity contribution is -0.384. The molecule has 1 unspecified atom stereocenters. The van der Waals surface area contributed by atoms with Gasteiger partial charge in [0.25, 0.3) is 5.69 Å². The van der Waals surface area contributed by atoms with Crippen LogP contribution in [0.25, 0.3) is 5.53 Å². The third-order valence-corrected chi connectivity index (χ3v) is 8.57. The van der Waals surface area contributed by atoms with Crippen LogP contribution in [0.3, 0.4) is 0 Å². The minimum Gasteiger partial charge on any atom is -0.456 e. The minimum atomic E-state index is -4.25. The quantitative estimate of drug-likeness (QED) is 0.0713. The maximum atomic E-state index is 13.2. The summed E-state index contributed by atoms with van der Waals surface area (Å²) in [6, 6.07) is 13.5. The summed E-state index contributed by atoms with van der Waals surface area (Å²) in [7, 11) is -4.25. The van der Waals surface area contributed by atoms with Crippen LogP contribution in [0.4, 0.5) is 10.5 Å². The number of sulfone groups is 1. The number of β-lactam (4-membered cyclic amide) rings is 1. The number of carbonyl (C=O) groups is 4. The Morgan fingerprint density at radius 2 is 1.74 bits per heavy atom. The highest BCUT2D eigenvalue weighted by atomic mass is 32.2. The number of amides is 1. The maximum Gasteiger partial charge on any atom is 0.509 e. The Hall–Kier alpha value is -4.86. The summed E-state index contributed by atoms with van der Waals surface area (Å²) < 4.78 is 40.4.